The third-order valence-electron chi connectivity index (χ3n) is 2.33. The minimum absolute atomic E-state index is 0.0183. The zero-order valence-electron chi connectivity index (χ0n) is 9.75. The molecule has 6 nitrogen and oxygen atoms in total. The molecule has 2 rings (SSSR count). The smallest absolute Gasteiger partial charge is 0.266 e. The molecule has 1 aromatic carbocycles. The van der Waals surface area contributed by atoms with Gasteiger partial charge in [0.25, 0.3) is 10.0 Å². The first kappa shape index (κ1) is 13.4. The molecule has 0 saturated heterocycles. The van der Waals surface area contributed by atoms with E-state index in [-0.39, 0.29) is 12.4 Å². The van der Waals surface area contributed by atoms with E-state index in [4.69, 9.17) is 5.73 Å². The number of hydrogen-bond donors (Lipinski definition) is 2. The Bertz CT molecular complexity index is 676. The van der Waals surface area contributed by atoms with Crippen molar-refractivity contribution in [3.8, 4) is 0 Å². The highest BCUT2D eigenvalue weighted by Gasteiger charge is 2.19. The number of aromatic nitrogens is 2. The molecule has 0 bridgehead atoms. The SMILES string of the molecule is NCc1ccc(S(=O)(=O)Nc2cccnn2)c(F)c1. The summed E-state index contributed by atoms with van der Waals surface area (Å²) >= 11 is 0. The second-order valence-electron chi connectivity index (χ2n) is 3.68. The minimum Gasteiger partial charge on any atom is -0.326 e. The van der Waals surface area contributed by atoms with Gasteiger partial charge in [-0.25, -0.2) is 12.8 Å². The quantitative estimate of drug-likeness (QED) is 0.867. The van der Waals surface area contributed by atoms with E-state index in [9.17, 15) is 12.8 Å². The Labute approximate surface area is 109 Å². The summed E-state index contributed by atoms with van der Waals surface area (Å²) in [6.07, 6.45) is 1.40. The maximum Gasteiger partial charge on any atom is 0.266 e. The van der Waals surface area contributed by atoms with E-state index >= 15 is 0 Å². The molecule has 0 aliphatic carbocycles. The lowest BCUT2D eigenvalue weighted by Gasteiger charge is -2.08. The van der Waals surface area contributed by atoms with Crippen molar-refractivity contribution in [2.45, 2.75) is 11.4 Å². The molecule has 0 atom stereocenters. The molecule has 0 aliphatic rings. The van der Waals surface area contributed by atoms with Crippen molar-refractivity contribution in [1.82, 2.24) is 10.2 Å². The Kier molecular flexibility index (Phi) is 3.72. The van der Waals surface area contributed by atoms with Gasteiger partial charge in [0.05, 0.1) is 0 Å². The maximum absolute atomic E-state index is 13.7. The summed E-state index contributed by atoms with van der Waals surface area (Å²) in [5, 5.41) is 7.10. The van der Waals surface area contributed by atoms with Gasteiger partial charge in [0.1, 0.15) is 10.7 Å². The Morgan fingerprint density at radius 1 is 1.32 bits per heavy atom. The predicted octanol–water partition coefficient (Wildman–Crippen LogP) is 0.875. The van der Waals surface area contributed by atoms with E-state index in [0.29, 0.717) is 5.56 Å². The van der Waals surface area contributed by atoms with E-state index in [1.165, 1.54) is 24.4 Å². The van der Waals surface area contributed by atoms with Gasteiger partial charge in [0, 0.05) is 12.7 Å². The van der Waals surface area contributed by atoms with Gasteiger partial charge in [0.15, 0.2) is 5.82 Å². The number of hydrogen-bond acceptors (Lipinski definition) is 5. The van der Waals surface area contributed by atoms with Crippen LogP contribution in [0.15, 0.2) is 41.4 Å². The van der Waals surface area contributed by atoms with E-state index in [2.05, 4.69) is 14.9 Å². The summed E-state index contributed by atoms with van der Waals surface area (Å²) < 4.78 is 39.8. The Morgan fingerprint density at radius 3 is 2.68 bits per heavy atom. The van der Waals surface area contributed by atoms with Crippen LogP contribution in [-0.2, 0) is 16.6 Å². The summed E-state index contributed by atoms with van der Waals surface area (Å²) in [5.41, 5.74) is 5.86. The Hall–Kier alpha value is -2.06. The lowest BCUT2D eigenvalue weighted by atomic mass is 10.2. The number of nitrogens with zero attached hydrogens (tertiary/aromatic N) is 2. The topological polar surface area (TPSA) is 98.0 Å². The zero-order chi connectivity index (χ0) is 13.9. The Morgan fingerprint density at radius 2 is 2.11 bits per heavy atom. The van der Waals surface area contributed by atoms with Crippen LogP contribution < -0.4 is 10.5 Å². The number of nitrogens with one attached hydrogen (secondary N) is 1. The van der Waals surface area contributed by atoms with Crippen molar-refractivity contribution >= 4 is 15.8 Å². The fourth-order valence-corrected chi connectivity index (χ4v) is 2.49. The molecular formula is C11H11FN4O2S. The van der Waals surface area contributed by atoms with Gasteiger partial charge in [-0.2, -0.15) is 5.10 Å². The fourth-order valence-electron chi connectivity index (χ4n) is 1.44. The van der Waals surface area contributed by atoms with Crippen LogP contribution >= 0.6 is 0 Å². The number of benzene rings is 1. The lowest BCUT2D eigenvalue weighted by Crippen LogP contribution is -2.16. The van der Waals surface area contributed by atoms with Crippen molar-refractivity contribution in [3.63, 3.8) is 0 Å². The van der Waals surface area contributed by atoms with Crippen LogP contribution in [0.4, 0.5) is 10.2 Å². The standard InChI is InChI=1S/C11H11FN4O2S/c12-9-6-8(7-13)3-4-10(9)19(17,18)16-11-2-1-5-14-15-11/h1-6H,7,13H2,(H,15,16). The highest BCUT2D eigenvalue weighted by atomic mass is 32.2. The van der Waals surface area contributed by atoms with E-state index in [1.54, 1.807) is 0 Å². The van der Waals surface area contributed by atoms with Gasteiger partial charge >= 0.3 is 0 Å². The summed E-state index contributed by atoms with van der Waals surface area (Å²) in [5.74, 6) is -0.843. The molecule has 0 radical (unpaired) electrons. The molecule has 100 valence electrons. The molecule has 19 heavy (non-hydrogen) atoms. The molecule has 0 saturated carbocycles. The van der Waals surface area contributed by atoms with E-state index in [1.807, 2.05) is 0 Å². The third-order valence-corrected chi connectivity index (χ3v) is 3.72. The summed E-state index contributed by atoms with van der Waals surface area (Å²) in [6, 6.07) is 6.63. The summed E-state index contributed by atoms with van der Waals surface area (Å²) in [6.45, 7) is 0.134. The molecule has 2 aromatic rings. The van der Waals surface area contributed by atoms with Crippen molar-refractivity contribution in [2.24, 2.45) is 5.73 Å². The molecule has 0 fully saturated rings. The first-order valence-electron chi connectivity index (χ1n) is 5.32. The molecule has 8 heteroatoms. The van der Waals surface area contributed by atoms with Crippen LogP contribution in [-0.4, -0.2) is 18.6 Å². The second-order valence-corrected chi connectivity index (χ2v) is 5.33. The Balaban J connectivity index is 2.35. The first-order chi connectivity index (χ1) is 9.03. The van der Waals surface area contributed by atoms with E-state index in [0.717, 1.165) is 12.1 Å². The van der Waals surface area contributed by atoms with Crippen molar-refractivity contribution in [2.75, 3.05) is 4.72 Å². The third kappa shape index (κ3) is 3.04. The molecule has 3 N–H and O–H groups in total. The van der Waals surface area contributed by atoms with Gasteiger partial charge in [-0.05, 0) is 29.8 Å². The average Bonchev–Trinajstić information content (AvgIpc) is 2.38. The molecular weight excluding hydrogens is 271 g/mol. The van der Waals surface area contributed by atoms with Crippen LogP contribution in [0.25, 0.3) is 0 Å². The highest BCUT2D eigenvalue weighted by Crippen LogP contribution is 2.18. The van der Waals surface area contributed by atoms with Crippen LogP contribution in [0.2, 0.25) is 0 Å². The minimum atomic E-state index is -4.04. The normalized spacial score (nSPS) is 11.3. The molecule has 1 aromatic heterocycles. The lowest BCUT2D eigenvalue weighted by molar-refractivity contribution is 0.569. The number of nitrogens with two attached hydrogens (primary N) is 1. The predicted molar refractivity (Wildman–Crippen MR) is 67.1 cm³/mol. The number of sulfonamides is 1. The highest BCUT2D eigenvalue weighted by molar-refractivity contribution is 7.92. The second kappa shape index (κ2) is 5.29. The largest absolute Gasteiger partial charge is 0.326 e. The van der Waals surface area contributed by atoms with Gasteiger partial charge in [-0.15, -0.1) is 5.10 Å². The van der Waals surface area contributed by atoms with E-state index < -0.39 is 20.7 Å². The maximum atomic E-state index is 13.7. The van der Waals surface area contributed by atoms with Crippen LogP contribution in [0.1, 0.15) is 5.56 Å². The van der Waals surface area contributed by atoms with Gasteiger partial charge in [-0.1, -0.05) is 6.07 Å². The van der Waals surface area contributed by atoms with Gasteiger partial charge in [-0.3, -0.25) is 4.72 Å². The molecule has 0 amide bonds. The van der Waals surface area contributed by atoms with Crippen molar-refractivity contribution < 1.29 is 12.8 Å². The molecule has 0 unspecified atom stereocenters. The van der Waals surface area contributed by atoms with Crippen LogP contribution in [0, 0.1) is 5.82 Å². The van der Waals surface area contributed by atoms with Crippen molar-refractivity contribution in [1.29, 1.82) is 0 Å². The van der Waals surface area contributed by atoms with Gasteiger partial charge in [0.2, 0.25) is 0 Å². The fraction of sp³-hybridized carbons (Fsp3) is 0.0909. The summed E-state index contributed by atoms with van der Waals surface area (Å²) in [7, 11) is -4.04. The monoisotopic (exact) mass is 282 g/mol. The first-order valence-corrected chi connectivity index (χ1v) is 6.80. The number of halogens is 1. The zero-order valence-corrected chi connectivity index (χ0v) is 10.6. The molecule has 0 aliphatic heterocycles. The number of anilines is 1. The van der Waals surface area contributed by atoms with Crippen LogP contribution in [0.3, 0.4) is 0 Å². The molecule has 1 heterocycles. The van der Waals surface area contributed by atoms with Crippen LogP contribution in [0.5, 0.6) is 0 Å². The summed E-state index contributed by atoms with van der Waals surface area (Å²) in [4.78, 5) is -0.463. The van der Waals surface area contributed by atoms with Crippen molar-refractivity contribution in [3.05, 3.63) is 47.9 Å². The average molecular weight is 282 g/mol. The van der Waals surface area contributed by atoms with Gasteiger partial charge < -0.3 is 5.73 Å². The molecule has 0 spiro atoms. The number of rotatable bonds is 4.